The standard InChI is InChI=1S/C17H13BrN2O2S/c18-11-8-15(23-10-11)16-19-14-6-2-1-5-13(14)17(21)20(16)9-12-4-3-7-22-12/h1-8,10,16,19H,9H2/t16-/m0/s1. The number of anilines is 1. The Labute approximate surface area is 145 Å². The van der Waals surface area contributed by atoms with Gasteiger partial charge in [0.2, 0.25) is 0 Å². The lowest BCUT2D eigenvalue weighted by atomic mass is 10.1. The molecule has 0 radical (unpaired) electrons. The van der Waals surface area contributed by atoms with Crippen LogP contribution in [0.5, 0.6) is 0 Å². The molecule has 0 saturated heterocycles. The van der Waals surface area contributed by atoms with Crippen molar-refractivity contribution in [1.82, 2.24) is 4.90 Å². The molecule has 2 aromatic heterocycles. The molecule has 0 unspecified atom stereocenters. The van der Waals surface area contributed by atoms with E-state index < -0.39 is 0 Å². The molecule has 0 spiro atoms. The third kappa shape index (κ3) is 2.68. The van der Waals surface area contributed by atoms with Crippen molar-refractivity contribution < 1.29 is 9.21 Å². The molecule has 4 nitrogen and oxygen atoms in total. The average Bonchev–Trinajstić information content (AvgIpc) is 3.21. The van der Waals surface area contributed by atoms with Crippen LogP contribution in [0.1, 0.15) is 27.2 Å². The molecule has 1 aliphatic rings. The number of halogens is 1. The van der Waals surface area contributed by atoms with Gasteiger partial charge in [-0.2, -0.15) is 0 Å². The Hall–Kier alpha value is -2.05. The van der Waals surface area contributed by atoms with E-state index in [4.69, 9.17) is 4.42 Å². The monoisotopic (exact) mass is 388 g/mol. The van der Waals surface area contributed by atoms with Crippen LogP contribution in [0.2, 0.25) is 0 Å². The van der Waals surface area contributed by atoms with E-state index in [1.807, 2.05) is 47.8 Å². The van der Waals surface area contributed by atoms with Crippen molar-refractivity contribution in [3.05, 3.63) is 74.8 Å². The summed E-state index contributed by atoms with van der Waals surface area (Å²) in [5.41, 5.74) is 1.55. The van der Waals surface area contributed by atoms with E-state index in [9.17, 15) is 4.79 Å². The van der Waals surface area contributed by atoms with Gasteiger partial charge < -0.3 is 14.6 Å². The Morgan fingerprint density at radius 1 is 1.26 bits per heavy atom. The predicted molar refractivity (Wildman–Crippen MR) is 93.4 cm³/mol. The molecule has 3 aromatic rings. The maximum atomic E-state index is 13.0. The summed E-state index contributed by atoms with van der Waals surface area (Å²) in [6, 6.07) is 13.4. The molecule has 1 atom stereocenters. The maximum absolute atomic E-state index is 13.0. The van der Waals surface area contributed by atoms with Gasteiger partial charge in [0.25, 0.3) is 5.91 Å². The van der Waals surface area contributed by atoms with Crippen molar-refractivity contribution in [1.29, 1.82) is 0 Å². The minimum absolute atomic E-state index is 0.00488. The van der Waals surface area contributed by atoms with Gasteiger partial charge in [0, 0.05) is 20.4 Å². The summed E-state index contributed by atoms with van der Waals surface area (Å²) < 4.78 is 6.45. The first-order valence-corrected chi connectivity index (χ1v) is 8.82. The van der Waals surface area contributed by atoms with Crippen LogP contribution in [0.25, 0.3) is 0 Å². The molecule has 0 aliphatic carbocycles. The number of thiophene rings is 1. The van der Waals surface area contributed by atoms with Gasteiger partial charge in [-0.05, 0) is 46.3 Å². The van der Waals surface area contributed by atoms with E-state index in [2.05, 4.69) is 21.2 Å². The van der Waals surface area contributed by atoms with Crippen LogP contribution in [-0.2, 0) is 6.54 Å². The number of hydrogen-bond donors (Lipinski definition) is 1. The highest BCUT2D eigenvalue weighted by Crippen LogP contribution is 2.37. The Morgan fingerprint density at radius 3 is 2.87 bits per heavy atom. The van der Waals surface area contributed by atoms with E-state index in [-0.39, 0.29) is 12.1 Å². The third-order valence-electron chi connectivity index (χ3n) is 3.79. The summed E-state index contributed by atoms with van der Waals surface area (Å²) in [7, 11) is 0. The second kappa shape index (κ2) is 5.86. The smallest absolute Gasteiger partial charge is 0.258 e. The maximum Gasteiger partial charge on any atom is 0.258 e. The van der Waals surface area contributed by atoms with Crippen LogP contribution < -0.4 is 5.32 Å². The summed E-state index contributed by atoms with van der Waals surface area (Å²) in [4.78, 5) is 15.9. The number of rotatable bonds is 3. The van der Waals surface area contributed by atoms with Gasteiger partial charge in [-0.25, -0.2) is 0 Å². The average molecular weight is 389 g/mol. The first kappa shape index (κ1) is 14.5. The van der Waals surface area contributed by atoms with Crippen LogP contribution in [0, 0.1) is 0 Å². The summed E-state index contributed by atoms with van der Waals surface area (Å²) in [5.74, 6) is 0.769. The molecule has 3 heterocycles. The molecule has 0 saturated carbocycles. The lowest BCUT2D eigenvalue weighted by Crippen LogP contribution is -2.42. The Bertz CT molecular complexity index is 844. The largest absolute Gasteiger partial charge is 0.467 e. The molecular formula is C17H13BrN2O2S. The second-order valence-electron chi connectivity index (χ2n) is 5.27. The second-order valence-corrected chi connectivity index (χ2v) is 7.13. The van der Waals surface area contributed by atoms with Crippen molar-refractivity contribution in [2.24, 2.45) is 0 Å². The van der Waals surface area contributed by atoms with Crippen LogP contribution in [0.15, 0.2) is 63.0 Å². The van der Waals surface area contributed by atoms with Crippen molar-refractivity contribution in [3.8, 4) is 0 Å². The molecular weight excluding hydrogens is 376 g/mol. The predicted octanol–water partition coefficient (Wildman–Crippen LogP) is 4.87. The Kier molecular flexibility index (Phi) is 3.71. The highest BCUT2D eigenvalue weighted by Gasteiger charge is 2.34. The third-order valence-corrected chi connectivity index (χ3v) is 5.53. The fraction of sp³-hybridized carbons (Fsp3) is 0.118. The molecule has 0 fully saturated rings. The molecule has 4 rings (SSSR count). The molecule has 1 aromatic carbocycles. The minimum Gasteiger partial charge on any atom is -0.467 e. The molecule has 1 N–H and O–H groups in total. The van der Waals surface area contributed by atoms with Crippen LogP contribution in [0.3, 0.4) is 0 Å². The topological polar surface area (TPSA) is 45.5 Å². The summed E-state index contributed by atoms with van der Waals surface area (Å²) in [5, 5.41) is 5.49. The first-order valence-electron chi connectivity index (χ1n) is 7.15. The van der Waals surface area contributed by atoms with Crippen molar-refractivity contribution in [3.63, 3.8) is 0 Å². The highest BCUT2D eigenvalue weighted by molar-refractivity contribution is 9.10. The number of carbonyl (C=O) groups is 1. The summed E-state index contributed by atoms with van der Waals surface area (Å²) in [6.07, 6.45) is 1.42. The highest BCUT2D eigenvalue weighted by atomic mass is 79.9. The molecule has 1 aliphatic heterocycles. The first-order chi connectivity index (χ1) is 11.2. The van der Waals surface area contributed by atoms with Crippen molar-refractivity contribution in [2.75, 3.05) is 5.32 Å². The SMILES string of the molecule is O=C1c2ccccc2N[C@H](c2cc(Br)cs2)N1Cc1ccco1. The van der Waals surface area contributed by atoms with Gasteiger partial charge in [-0.15, -0.1) is 11.3 Å². The zero-order valence-electron chi connectivity index (χ0n) is 12.0. The Morgan fingerprint density at radius 2 is 2.13 bits per heavy atom. The van der Waals surface area contributed by atoms with E-state index >= 15 is 0 Å². The Balaban J connectivity index is 1.76. The van der Waals surface area contributed by atoms with E-state index in [0.717, 1.165) is 20.8 Å². The van der Waals surface area contributed by atoms with Crippen molar-refractivity contribution in [2.45, 2.75) is 12.7 Å². The lowest BCUT2D eigenvalue weighted by molar-refractivity contribution is 0.0654. The van der Waals surface area contributed by atoms with Crippen LogP contribution >= 0.6 is 27.3 Å². The number of amides is 1. The number of fused-ring (bicyclic) bond motifs is 1. The van der Waals surface area contributed by atoms with Crippen LogP contribution in [-0.4, -0.2) is 10.8 Å². The molecule has 116 valence electrons. The molecule has 1 amide bonds. The summed E-state index contributed by atoms with van der Waals surface area (Å²) >= 11 is 5.10. The summed E-state index contributed by atoms with van der Waals surface area (Å²) in [6.45, 7) is 0.424. The van der Waals surface area contributed by atoms with Gasteiger partial charge in [-0.1, -0.05) is 12.1 Å². The normalized spacial score (nSPS) is 17.0. The van der Waals surface area contributed by atoms with Gasteiger partial charge in [0.05, 0.1) is 18.4 Å². The molecule has 6 heteroatoms. The molecule has 23 heavy (non-hydrogen) atoms. The molecule has 0 bridgehead atoms. The van der Waals surface area contributed by atoms with Crippen LogP contribution in [0.4, 0.5) is 5.69 Å². The fourth-order valence-electron chi connectivity index (χ4n) is 2.72. The zero-order valence-corrected chi connectivity index (χ0v) is 14.4. The fourth-order valence-corrected chi connectivity index (χ4v) is 4.23. The number of furan rings is 1. The van der Waals surface area contributed by atoms with Crippen molar-refractivity contribution >= 4 is 38.9 Å². The number of nitrogens with zero attached hydrogens (tertiary/aromatic N) is 1. The number of hydrogen-bond acceptors (Lipinski definition) is 4. The quantitative estimate of drug-likeness (QED) is 0.695. The number of carbonyl (C=O) groups excluding carboxylic acids is 1. The minimum atomic E-state index is -0.209. The van der Waals surface area contributed by atoms with Gasteiger partial charge >= 0.3 is 0 Å². The van der Waals surface area contributed by atoms with E-state index in [1.54, 1.807) is 22.5 Å². The van der Waals surface area contributed by atoms with E-state index in [1.165, 1.54) is 0 Å². The number of para-hydroxylation sites is 1. The van der Waals surface area contributed by atoms with E-state index in [0.29, 0.717) is 12.1 Å². The lowest BCUT2D eigenvalue weighted by Gasteiger charge is -2.36. The van der Waals surface area contributed by atoms with Gasteiger partial charge in [0.15, 0.2) is 0 Å². The van der Waals surface area contributed by atoms with Gasteiger partial charge in [0.1, 0.15) is 11.9 Å². The number of benzene rings is 1. The number of nitrogens with one attached hydrogen (secondary N) is 1. The zero-order chi connectivity index (χ0) is 15.8. The van der Waals surface area contributed by atoms with Gasteiger partial charge in [-0.3, -0.25) is 4.79 Å².